The van der Waals surface area contributed by atoms with Crippen molar-refractivity contribution in [3.05, 3.63) is 0 Å². The smallest absolute Gasteiger partial charge is 0.190 e. The standard InChI is InChI=1S/C2H4ClNO/c1-4-5-2-3/h1-2H2. The first-order chi connectivity index (χ1) is 2.41. The minimum atomic E-state index is 0.0868. The van der Waals surface area contributed by atoms with Crippen molar-refractivity contribution in [1.82, 2.24) is 0 Å². The van der Waals surface area contributed by atoms with Gasteiger partial charge >= 0.3 is 0 Å². The van der Waals surface area contributed by atoms with E-state index in [-0.39, 0.29) is 6.07 Å². The summed E-state index contributed by atoms with van der Waals surface area (Å²) in [5.74, 6) is 0. The second kappa shape index (κ2) is 3.76. The summed E-state index contributed by atoms with van der Waals surface area (Å²) >= 11 is 4.95. The third-order valence-electron chi connectivity index (χ3n) is 0.140. The van der Waals surface area contributed by atoms with Gasteiger partial charge < -0.3 is 4.84 Å². The molecule has 0 heterocycles. The minimum Gasteiger partial charge on any atom is -0.380 e. The lowest BCUT2D eigenvalue weighted by molar-refractivity contribution is 0.196. The molecule has 2 nitrogen and oxygen atoms in total. The van der Waals surface area contributed by atoms with Crippen LogP contribution in [0.3, 0.4) is 0 Å². The highest BCUT2D eigenvalue weighted by atomic mass is 35.5. The number of nitrogens with zero attached hydrogens (tertiary/aromatic N) is 1. The Morgan fingerprint density at radius 1 is 2.00 bits per heavy atom. The molecule has 0 saturated heterocycles. The molecule has 0 saturated carbocycles. The summed E-state index contributed by atoms with van der Waals surface area (Å²) in [6.07, 6.45) is 0. The second-order valence-corrected chi connectivity index (χ2v) is 0.586. The van der Waals surface area contributed by atoms with E-state index in [9.17, 15) is 0 Å². The number of oxime groups is 1. The van der Waals surface area contributed by atoms with Crippen molar-refractivity contribution in [2.75, 3.05) is 6.07 Å². The maximum absolute atomic E-state index is 4.95. The van der Waals surface area contributed by atoms with Crippen LogP contribution in [-0.4, -0.2) is 12.8 Å². The maximum Gasteiger partial charge on any atom is 0.190 e. The fourth-order valence-corrected chi connectivity index (χ4v) is 0.104. The van der Waals surface area contributed by atoms with E-state index in [0.29, 0.717) is 0 Å². The van der Waals surface area contributed by atoms with Crippen LogP contribution in [-0.2, 0) is 4.84 Å². The molecule has 0 aliphatic rings. The molecule has 0 amide bonds. The SMILES string of the molecule is C=NOCCl. The monoisotopic (exact) mass is 93.0 g/mol. The van der Waals surface area contributed by atoms with E-state index in [0.717, 1.165) is 0 Å². The largest absolute Gasteiger partial charge is 0.380 e. The van der Waals surface area contributed by atoms with Crippen molar-refractivity contribution in [1.29, 1.82) is 0 Å². The van der Waals surface area contributed by atoms with E-state index in [1.165, 1.54) is 0 Å². The molecule has 30 valence electrons. The third kappa shape index (κ3) is 3.76. The number of hydrogen-bond donors (Lipinski definition) is 0. The summed E-state index contributed by atoms with van der Waals surface area (Å²) in [6.45, 7) is 2.99. The zero-order valence-corrected chi connectivity index (χ0v) is 3.40. The highest BCUT2D eigenvalue weighted by molar-refractivity contribution is 6.17. The molecule has 5 heavy (non-hydrogen) atoms. The molecular formula is C2H4ClNO. The Hall–Kier alpha value is -0.240. The van der Waals surface area contributed by atoms with Gasteiger partial charge in [-0.2, -0.15) is 0 Å². The van der Waals surface area contributed by atoms with E-state index in [1.54, 1.807) is 0 Å². The molecule has 0 N–H and O–H groups in total. The first-order valence-electron chi connectivity index (χ1n) is 1.05. The van der Waals surface area contributed by atoms with Gasteiger partial charge in [-0.3, -0.25) is 0 Å². The fraction of sp³-hybridized carbons (Fsp3) is 0.500. The van der Waals surface area contributed by atoms with Gasteiger partial charge in [-0.25, -0.2) is 0 Å². The summed E-state index contributed by atoms with van der Waals surface area (Å²) in [4.78, 5) is 4.11. The number of alkyl halides is 1. The Balaban J connectivity index is 2.40. The predicted molar refractivity (Wildman–Crippen MR) is 21.4 cm³/mol. The molecule has 0 bridgehead atoms. The summed E-state index contributed by atoms with van der Waals surface area (Å²) in [7, 11) is 0. The van der Waals surface area contributed by atoms with Gasteiger partial charge in [-0.15, -0.1) is 5.16 Å². The van der Waals surface area contributed by atoms with Gasteiger partial charge in [0.25, 0.3) is 0 Å². The quantitative estimate of drug-likeness (QED) is 0.281. The molecule has 0 aliphatic carbocycles. The van der Waals surface area contributed by atoms with Gasteiger partial charge in [0.1, 0.15) is 0 Å². The normalized spacial score (nSPS) is 6.60. The van der Waals surface area contributed by atoms with Crippen LogP contribution < -0.4 is 0 Å². The molecule has 0 radical (unpaired) electrons. The highest BCUT2D eigenvalue weighted by Gasteiger charge is 1.59. The zero-order valence-electron chi connectivity index (χ0n) is 2.65. The van der Waals surface area contributed by atoms with Crippen molar-refractivity contribution in [3.8, 4) is 0 Å². The second-order valence-electron chi connectivity index (χ2n) is 0.367. The van der Waals surface area contributed by atoms with Crippen molar-refractivity contribution in [3.63, 3.8) is 0 Å². The Morgan fingerprint density at radius 3 is 2.60 bits per heavy atom. The molecule has 0 aromatic carbocycles. The Kier molecular flexibility index (Phi) is 3.58. The number of rotatable bonds is 2. The molecule has 0 fully saturated rings. The topological polar surface area (TPSA) is 21.6 Å². The van der Waals surface area contributed by atoms with Crippen molar-refractivity contribution in [2.24, 2.45) is 5.16 Å². The van der Waals surface area contributed by atoms with Crippen LogP contribution in [0.25, 0.3) is 0 Å². The first-order valence-corrected chi connectivity index (χ1v) is 1.59. The van der Waals surface area contributed by atoms with Crippen LogP contribution in [0, 0.1) is 0 Å². The zero-order chi connectivity index (χ0) is 4.12. The molecule has 0 spiro atoms. The molecule has 0 aromatic heterocycles. The van der Waals surface area contributed by atoms with Crippen LogP contribution in [0.15, 0.2) is 5.16 Å². The van der Waals surface area contributed by atoms with Crippen LogP contribution in [0.4, 0.5) is 0 Å². The number of halogens is 1. The Labute approximate surface area is 35.4 Å². The third-order valence-corrected chi connectivity index (χ3v) is 0.238. The molecule has 0 atom stereocenters. The number of hydrogen-bond acceptors (Lipinski definition) is 2. The highest BCUT2D eigenvalue weighted by Crippen LogP contribution is 1.73. The lowest BCUT2D eigenvalue weighted by atomic mass is 11.7. The van der Waals surface area contributed by atoms with E-state index in [1.807, 2.05) is 0 Å². The lowest BCUT2D eigenvalue weighted by Gasteiger charge is -1.80. The average Bonchev–Trinajstić information content (AvgIpc) is 1.41. The molecule has 3 heteroatoms. The van der Waals surface area contributed by atoms with Gasteiger partial charge in [0.05, 0.1) is 0 Å². The van der Waals surface area contributed by atoms with Crippen LogP contribution >= 0.6 is 11.6 Å². The van der Waals surface area contributed by atoms with E-state index >= 15 is 0 Å². The maximum atomic E-state index is 4.95. The lowest BCUT2D eigenvalue weighted by Crippen LogP contribution is -1.68. The molecule has 0 unspecified atom stereocenters. The van der Waals surface area contributed by atoms with Gasteiger partial charge in [-0.1, -0.05) is 11.6 Å². The van der Waals surface area contributed by atoms with Gasteiger partial charge in [0.15, 0.2) is 6.07 Å². The summed E-state index contributed by atoms with van der Waals surface area (Å²) in [5, 5.41) is 2.97. The summed E-state index contributed by atoms with van der Waals surface area (Å²) in [6, 6.07) is 0.0868. The summed E-state index contributed by atoms with van der Waals surface area (Å²) in [5.41, 5.74) is 0. The molecule has 0 aromatic rings. The van der Waals surface area contributed by atoms with E-state index < -0.39 is 0 Å². The average molecular weight is 93.5 g/mol. The van der Waals surface area contributed by atoms with Crippen LogP contribution in [0.2, 0.25) is 0 Å². The minimum absolute atomic E-state index is 0.0868. The van der Waals surface area contributed by atoms with E-state index in [4.69, 9.17) is 11.6 Å². The molecular weight excluding hydrogens is 89.5 g/mol. The summed E-state index contributed by atoms with van der Waals surface area (Å²) < 4.78 is 0. The Morgan fingerprint density at radius 2 is 2.60 bits per heavy atom. The first kappa shape index (κ1) is 4.76. The Bertz CT molecular complexity index is 30.8. The van der Waals surface area contributed by atoms with Crippen molar-refractivity contribution >= 4 is 18.3 Å². The van der Waals surface area contributed by atoms with Crippen LogP contribution in [0.5, 0.6) is 0 Å². The molecule has 0 rings (SSSR count). The van der Waals surface area contributed by atoms with Gasteiger partial charge in [-0.05, 0) is 0 Å². The van der Waals surface area contributed by atoms with Crippen LogP contribution in [0.1, 0.15) is 0 Å². The predicted octanol–water partition coefficient (Wildman–Crippen LogP) is 0.815. The van der Waals surface area contributed by atoms with Crippen molar-refractivity contribution in [2.45, 2.75) is 0 Å². The van der Waals surface area contributed by atoms with Gasteiger partial charge in [0, 0.05) is 6.72 Å². The fourth-order valence-electron chi connectivity index (χ4n) is 0.0345. The van der Waals surface area contributed by atoms with Crippen molar-refractivity contribution < 1.29 is 4.84 Å². The molecule has 0 aliphatic heterocycles. The van der Waals surface area contributed by atoms with Gasteiger partial charge in [0.2, 0.25) is 0 Å². The van der Waals surface area contributed by atoms with E-state index in [2.05, 4.69) is 16.7 Å².